The van der Waals surface area contributed by atoms with Crippen molar-refractivity contribution in [1.29, 1.82) is 0 Å². The Morgan fingerprint density at radius 2 is 0.938 bits per heavy atom. The fraction of sp³-hybridized carbons (Fsp3) is 0.887. The van der Waals surface area contributed by atoms with Crippen LogP contribution in [0.2, 0.25) is 0 Å². The average molecular weight is 1530 g/mol. The van der Waals surface area contributed by atoms with Crippen LogP contribution in [0.3, 0.4) is 0 Å². The summed E-state index contributed by atoms with van der Waals surface area (Å²) in [4.78, 5) is 54.8. The topological polar surface area (TPSA) is 493 Å². The molecule has 0 aromatic rings. The van der Waals surface area contributed by atoms with Crippen LogP contribution in [0.25, 0.3) is 0 Å². The molecule has 7 aliphatic rings. The molecule has 0 aromatic carbocycles. The number of unbranched alkanes of at least 4 members (excludes halogenated alkanes) is 8. The summed E-state index contributed by atoms with van der Waals surface area (Å²) in [6.07, 6.45) is -18.2. The summed E-state index contributed by atoms with van der Waals surface area (Å²) < 4.78 is 232. The molecule has 43 heteroatoms. The molecule has 4 saturated carbocycles. The quantitative estimate of drug-likeness (QED) is 0.0184. The maximum absolute atomic E-state index is 15.4. The van der Waals surface area contributed by atoms with Crippen molar-refractivity contribution in [1.82, 2.24) is 0 Å². The number of carboxylic acid groups (broad SMARTS) is 2. The maximum Gasteiger partial charge on any atom is 1.00 e. The van der Waals surface area contributed by atoms with Crippen molar-refractivity contribution in [2.45, 2.75) is 238 Å². The van der Waals surface area contributed by atoms with Gasteiger partial charge in [0.1, 0.15) is 42.7 Å². The van der Waals surface area contributed by atoms with Gasteiger partial charge >= 0.3 is 213 Å². The van der Waals surface area contributed by atoms with Gasteiger partial charge in [-0.2, -0.15) is 0 Å². The summed E-state index contributed by atoms with van der Waals surface area (Å²) in [5, 5.41) is 25.3. The number of hydrogen-bond acceptors (Lipinski definition) is 31. The number of allylic oxidation sites excluding steroid dienone is 2. The first-order valence-electron chi connectivity index (χ1n) is 29.4. The molecule has 31 nitrogen and oxygen atoms in total. The van der Waals surface area contributed by atoms with Crippen LogP contribution >= 0.6 is 0 Å². The first kappa shape index (κ1) is 100. The first-order valence-corrected chi connectivity index (χ1v) is 36.1. The molecule has 19 atom stereocenters. The van der Waals surface area contributed by atoms with Gasteiger partial charge in [-0.05, 0) is 116 Å². The zero-order valence-electron chi connectivity index (χ0n) is 57.3. The number of esters is 1. The molecule has 0 N–H and O–H groups in total. The predicted molar refractivity (Wildman–Crippen MR) is 288 cm³/mol. The van der Waals surface area contributed by atoms with E-state index in [2.05, 4.69) is 48.6 Å². The molecule has 0 radical (unpaired) electrons. The molecule has 0 aromatic heterocycles. The van der Waals surface area contributed by atoms with Crippen molar-refractivity contribution < 1.29 is 346 Å². The number of hydrogen-bond donors (Lipinski definition) is 0. The summed E-state index contributed by atoms with van der Waals surface area (Å²) in [6, 6.07) is 0. The number of fused-ring (bicyclic) bond motifs is 7. The second-order valence-electron chi connectivity index (χ2n) is 26.6. The van der Waals surface area contributed by atoms with Crippen molar-refractivity contribution in [3.63, 3.8) is 0 Å². The minimum absolute atomic E-state index is 0. The SMILES string of the molecule is CCCCCCCCCCCOC(=O)[C@@]1(C)CC[C@]2(C)CC[C@]3(C)C(=CC(=O)[C@@H]4[C@@]5(C)CC[C@H](O[C@@H]6O[C@H](C(=O)[O-])[C@@H](OS(=O)(=O)[O-])[C@H](OS(=O)(=O)[O-])[C@H]6O[C@@H]6O[C@H](C(=O)[O-])[C@@H](OS(=O)(=O)[O-])[C@H](OS(=O)(=O)[O-])[C@H]6OS(=O)(=O)[O-])C(C)(C)[C@@H]5CC[C@]43C)[C@@H]2C1.[Na+].[Na+].[Na+].[Na+].[Na+].[Na+].[Na+]. The Morgan fingerprint density at radius 3 is 1.40 bits per heavy atom. The fourth-order valence-corrected chi connectivity index (χ4v) is 18.6. The molecule has 2 saturated heterocycles. The summed E-state index contributed by atoms with van der Waals surface area (Å²) in [5.41, 5.74) is -3.61. The number of carbonyl (C=O) groups is 4. The van der Waals surface area contributed by atoms with E-state index < -0.39 is 170 Å². The number of rotatable bonds is 27. The molecule has 0 unspecified atom stereocenters. The molecule has 6 fully saturated rings. The van der Waals surface area contributed by atoms with Crippen LogP contribution in [0.1, 0.15) is 171 Å². The van der Waals surface area contributed by atoms with Gasteiger partial charge in [-0.25, -0.2) is 42.1 Å². The van der Waals surface area contributed by atoms with Crippen molar-refractivity contribution in [3.05, 3.63) is 11.6 Å². The van der Waals surface area contributed by atoms with Crippen LogP contribution in [-0.2, 0) is 116 Å². The zero-order valence-corrected chi connectivity index (χ0v) is 75.4. The monoisotopic (exact) mass is 1530 g/mol. The molecule has 0 amide bonds. The van der Waals surface area contributed by atoms with E-state index in [1.165, 1.54) is 32.1 Å². The minimum Gasteiger partial charge on any atom is -0.726 e. The molecule has 7 rings (SSSR count). The van der Waals surface area contributed by atoms with Gasteiger partial charge in [0, 0.05) is 5.92 Å². The predicted octanol–water partition coefficient (Wildman–Crippen LogP) is -20.0. The van der Waals surface area contributed by atoms with E-state index in [9.17, 15) is 89.4 Å². The van der Waals surface area contributed by atoms with Crippen LogP contribution in [-0.4, -0.2) is 163 Å². The number of carbonyl (C=O) groups excluding carboxylic acids is 4. The van der Waals surface area contributed by atoms with Gasteiger partial charge in [0.25, 0.3) is 0 Å². The Hall–Kier alpha value is 4.01. The van der Waals surface area contributed by atoms with E-state index in [0.29, 0.717) is 38.7 Å². The molecule has 5 aliphatic carbocycles. The normalized spacial score (nSPS) is 36.4. The number of ketones is 1. The Kier molecular flexibility index (Phi) is 40.2. The molecule has 2 heterocycles. The van der Waals surface area contributed by atoms with Gasteiger partial charge in [-0.15, -0.1) is 0 Å². The van der Waals surface area contributed by atoms with E-state index in [-0.39, 0.29) is 243 Å². The van der Waals surface area contributed by atoms with Crippen molar-refractivity contribution >= 4 is 75.7 Å². The number of carboxylic acids is 2. The molecule has 0 spiro atoms. The Labute approximate surface area is 717 Å². The van der Waals surface area contributed by atoms with Crippen LogP contribution in [0.15, 0.2) is 11.6 Å². The zero-order chi connectivity index (χ0) is 66.7. The Morgan fingerprint density at radius 1 is 0.521 bits per heavy atom. The summed E-state index contributed by atoms with van der Waals surface area (Å²) in [6.45, 7) is 16.2. The number of ether oxygens (including phenoxy) is 5. The maximum atomic E-state index is 15.4. The molecule has 96 heavy (non-hydrogen) atoms. The summed E-state index contributed by atoms with van der Waals surface area (Å²) in [7, 11) is -32.0. The standard InChI is InChI=1S/C53H84O31S5.7Na/c1-9-10-11-12-13-14-15-16-17-26-75-47(59)50(5)23-22-49(4)24-25-52(7)29(30(49)28-50)27-31(54)42-51(6)20-19-33(48(2,3)32(51)18-21-53(42,52)8)76-45-40(36(82-87(66,67)68)34(80-85(60,61)62)38(77-45)43(55)56)79-46-41(84-89(72,73)74)37(83-88(69,70)71)35(81-86(63,64)65)39(78-46)44(57)58;;;;;;;/h27,30,32-42,45-46H,9-26,28H2,1-8H3,(H,55,56)(H,57,58)(H,60,61,62)(H,63,64,65)(H,66,67,68)(H,69,70,71)(H,72,73,74);;;;;;;/q;7*+1/p-7/t30-,32-,33-,34-,35-,36-,37-,38-,39-,40+,41+,42+,45+,46-,49+,50-,51-,52+,53+;;;;;;;/m0......./s1. The van der Waals surface area contributed by atoms with Crippen LogP contribution < -0.4 is 217 Å². The van der Waals surface area contributed by atoms with Gasteiger partial charge in [-0.1, -0.05) is 105 Å². The Bertz CT molecular complexity index is 3300. The van der Waals surface area contributed by atoms with E-state index in [4.69, 9.17) is 23.7 Å². The molecule has 2 aliphatic heterocycles. The third-order valence-electron chi connectivity index (χ3n) is 20.7. The van der Waals surface area contributed by atoms with Crippen molar-refractivity contribution in [2.75, 3.05) is 6.61 Å². The van der Waals surface area contributed by atoms with E-state index in [1.807, 2.05) is 13.8 Å². The average Bonchev–Trinajstić information content (AvgIpc) is 0.674. The van der Waals surface area contributed by atoms with Gasteiger partial charge in [0.15, 0.2) is 24.5 Å². The van der Waals surface area contributed by atoms with Gasteiger partial charge < -0.3 is 66.3 Å². The Balaban J connectivity index is 0.0000129. The van der Waals surface area contributed by atoms with Gasteiger partial charge in [0.2, 0.25) is 52.0 Å². The van der Waals surface area contributed by atoms with Crippen molar-refractivity contribution in [2.24, 2.45) is 50.2 Å². The van der Waals surface area contributed by atoms with Crippen LogP contribution in [0.5, 0.6) is 0 Å². The number of aliphatic carboxylic acids is 2. The molecular formula is C53H77Na7O31S5. The van der Waals surface area contributed by atoms with Crippen molar-refractivity contribution in [3.8, 4) is 0 Å². The second kappa shape index (κ2) is 38.6. The molecular weight excluding hydrogens is 1450 g/mol. The van der Waals surface area contributed by atoms with Gasteiger partial charge in [0.05, 0.1) is 30.1 Å². The van der Waals surface area contributed by atoms with E-state index in [0.717, 1.165) is 44.1 Å². The smallest absolute Gasteiger partial charge is 0.726 e. The first-order chi connectivity index (χ1) is 40.7. The molecule has 0 bridgehead atoms. The van der Waals surface area contributed by atoms with Crippen LogP contribution in [0.4, 0.5) is 0 Å². The minimum atomic E-state index is -6.46. The second-order valence-corrected chi connectivity index (χ2v) is 31.7. The summed E-state index contributed by atoms with van der Waals surface area (Å²) >= 11 is 0. The summed E-state index contributed by atoms with van der Waals surface area (Å²) in [5.74, 6) is -7.16. The van der Waals surface area contributed by atoms with Crippen LogP contribution in [0, 0.1) is 50.2 Å². The molecule has 512 valence electrons. The van der Waals surface area contributed by atoms with E-state index in [1.54, 1.807) is 19.9 Å². The third-order valence-corrected chi connectivity index (χ3v) is 23.0. The largest absolute Gasteiger partial charge is 1.00 e. The van der Waals surface area contributed by atoms with E-state index >= 15 is 4.79 Å². The third kappa shape index (κ3) is 23.8. The van der Waals surface area contributed by atoms with Gasteiger partial charge in [-0.3, -0.25) is 30.5 Å². The fourth-order valence-electron chi connectivity index (χ4n) is 16.2.